The number of hydrazine groups is 1. The van der Waals surface area contributed by atoms with Crippen molar-refractivity contribution in [3.05, 3.63) is 29.3 Å². The summed E-state index contributed by atoms with van der Waals surface area (Å²) in [5.41, 5.74) is 4.84. The summed E-state index contributed by atoms with van der Waals surface area (Å²) >= 11 is 0. The summed E-state index contributed by atoms with van der Waals surface area (Å²) in [6.07, 6.45) is 2.85. The molecule has 0 fully saturated rings. The SMILES string of the molecule is CCC(C)(C)c1ccc(OCCCNC(=O)NN)c(C(C)(C)CC)c1. The van der Waals surface area contributed by atoms with Crippen LogP contribution >= 0.6 is 0 Å². The van der Waals surface area contributed by atoms with Gasteiger partial charge in [0.15, 0.2) is 0 Å². The van der Waals surface area contributed by atoms with Gasteiger partial charge < -0.3 is 10.1 Å². The van der Waals surface area contributed by atoms with Gasteiger partial charge in [0, 0.05) is 12.1 Å². The van der Waals surface area contributed by atoms with E-state index < -0.39 is 0 Å². The van der Waals surface area contributed by atoms with Crippen LogP contribution in [0.4, 0.5) is 4.79 Å². The van der Waals surface area contributed by atoms with E-state index in [9.17, 15) is 4.79 Å². The number of hydrogen-bond donors (Lipinski definition) is 3. The third-order valence-corrected chi connectivity index (χ3v) is 5.25. The number of carbonyl (C=O) groups excluding carboxylic acids is 1. The second kappa shape index (κ2) is 9.09. The highest BCUT2D eigenvalue weighted by Crippen LogP contribution is 2.38. The van der Waals surface area contributed by atoms with Crippen LogP contribution in [0.1, 0.15) is 71.9 Å². The van der Waals surface area contributed by atoms with E-state index >= 15 is 0 Å². The highest BCUT2D eigenvalue weighted by atomic mass is 16.5. The quantitative estimate of drug-likeness (QED) is 0.273. The van der Waals surface area contributed by atoms with Crippen molar-refractivity contribution in [3.63, 3.8) is 0 Å². The van der Waals surface area contributed by atoms with Gasteiger partial charge in [-0.05, 0) is 41.7 Å². The molecular weight excluding hydrogens is 314 g/mol. The summed E-state index contributed by atoms with van der Waals surface area (Å²) in [7, 11) is 0. The van der Waals surface area contributed by atoms with Gasteiger partial charge in [-0.2, -0.15) is 0 Å². The lowest BCUT2D eigenvalue weighted by Gasteiger charge is -2.30. The van der Waals surface area contributed by atoms with Crippen molar-refractivity contribution < 1.29 is 9.53 Å². The summed E-state index contributed by atoms with van der Waals surface area (Å²) in [6.45, 7) is 14.6. The zero-order valence-electron chi connectivity index (χ0n) is 16.7. The van der Waals surface area contributed by atoms with Crippen molar-refractivity contribution in [2.24, 2.45) is 5.84 Å². The third kappa shape index (κ3) is 5.92. The van der Waals surface area contributed by atoms with Crippen molar-refractivity contribution in [1.82, 2.24) is 10.7 Å². The maximum Gasteiger partial charge on any atom is 0.328 e. The molecule has 0 radical (unpaired) electrons. The molecule has 0 aliphatic heterocycles. The highest BCUT2D eigenvalue weighted by Gasteiger charge is 2.26. The summed E-state index contributed by atoms with van der Waals surface area (Å²) in [6, 6.07) is 6.20. The molecule has 5 nitrogen and oxygen atoms in total. The molecule has 0 aromatic heterocycles. The zero-order chi connectivity index (χ0) is 19.1. The maximum atomic E-state index is 11.0. The molecule has 0 aliphatic carbocycles. The second-order valence-electron chi connectivity index (χ2n) is 7.79. The number of rotatable bonds is 9. The third-order valence-electron chi connectivity index (χ3n) is 5.25. The average molecular weight is 350 g/mol. The Morgan fingerprint density at radius 1 is 1.12 bits per heavy atom. The molecule has 1 aromatic carbocycles. The zero-order valence-corrected chi connectivity index (χ0v) is 16.7. The van der Waals surface area contributed by atoms with E-state index in [1.165, 1.54) is 11.1 Å². The van der Waals surface area contributed by atoms with Gasteiger partial charge in [-0.15, -0.1) is 0 Å². The largest absolute Gasteiger partial charge is 0.493 e. The molecule has 0 bridgehead atoms. The highest BCUT2D eigenvalue weighted by molar-refractivity contribution is 5.72. The Morgan fingerprint density at radius 3 is 2.32 bits per heavy atom. The molecule has 0 heterocycles. The Balaban J connectivity index is 2.89. The number of nitrogens with one attached hydrogen (secondary N) is 2. The topological polar surface area (TPSA) is 76.4 Å². The molecule has 2 amide bonds. The first kappa shape index (κ1) is 21.3. The first-order valence-electron chi connectivity index (χ1n) is 9.20. The Labute approximate surface area is 152 Å². The van der Waals surface area contributed by atoms with Crippen LogP contribution in [0, 0.1) is 0 Å². The lowest BCUT2D eigenvalue weighted by Crippen LogP contribution is -2.40. The summed E-state index contributed by atoms with van der Waals surface area (Å²) in [4.78, 5) is 11.0. The number of nitrogens with two attached hydrogens (primary N) is 1. The van der Waals surface area contributed by atoms with E-state index in [1.807, 2.05) is 5.43 Å². The molecule has 1 rings (SSSR count). The van der Waals surface area contributed by atoms with Crippen LogP contribution in [0.2, 0.25) is 0 Å². The minimum atomic E-state index is -0.376. The molecule has 5 heteroatoms. The van der Waals surface area contributed by atoms with Crippen LogP contribution in [-0.4, -0.2) is 19.2 Å². The van der Waals surface area contributed by atoms with Crippen LogP contribution < -0.4 is 21.3 Å². The molecule has 0 atom stereocenters. The lowest BCUT2D eigenvalue weighted by molar-refractivity contribution is 0.239. The molecule has 0 unspecified atom stereocenters. The first-order chi connectivity index (χ1) is 11.7. The molecule has 0 spiro atoms. The Kier molecular flexibility index (Phi) is 7.74. The van der Waals surface area contributed by atoms with Crippen LogP contribution in [-0.2, 0) is 10.8 Å². The second-order valence-corrected chi connectivity index (χ2v) is 7.79. The predicted octanol–water partition coefficient (Wildman–Crippen LogP) is 4.00. The normalized spacial score (nSPS) is 12.0. The number of benzene rings is 1. The summed E-state index contributed by atoms with van der Waals surface area (Å²) in [5, 5.41) is 2.66. The molecule has 1 aromatic rings. The van der Waals surface area contributed by atoms with Crippen LogP contribution in [0.5, 0.6) is 5.75 Å². The van der Waals surface area contributed by atoms with E-state index in [-0.39, 0.29) is 16.9 Å². The standard InChI is InChI=1S/C20H35N3O2/c1-7-19(3,4)15-10-11-17(16(14-15)20(5,6)8-2)25-13-9-12-22-18(24)23-21/h10-11,14H,7-9,12-13,21H2,1-6H3,(H2,22,23,24). The van der Waals surface area contributed by atoms with Gasteiger partial charge in [-0.3, -0.25) is 5.43 Å². The molecule has 142 valence electrons. The molecular formula is C20H35N3O2. The van der Waals surface area contributed by atoms with E-state index in [0.29, 0.717) is 13.2 Å². The van der Waals surface area contributed by atoms with Crippen LogP contribution in [0.15, 0.2) is 18.2 Å². The van der Waals surface area contributed by atoms with Crippen LogP contribution in [0.3, 0.4) is 0 Å². The summed E-state index contributed by atoms with van der Waals surface area (Å²) in [5.74, 6) is 5.96. The van der Waals surface area contributed by atoms with E-state index in [0.717, 1.165) is 25.0 Å². The van der Waals surface area contributed by atoms with E-state index in [4.69, 9.17) is 10.6 Å². The maximum absolute atomic E-state index is 11.0. The number of amides is 2. The Morgan fingerprint density at radius 2 is 1.76 bits per heavy atom. The number of urea groups is 1. The van der Waals surface area contributed by atoms with Crippen LogP contribution in [0.25, 0.3) is 0 Å². The number of hydrogen-bond acceptors (Lipinski definition) is 3. The van der Waals surface area contributed by atoms with Gasteiger partial charge in [0.25, 0.3) is 0 Å². The average Bonchev–Trinajstić information content (AvgIpc) is 2.60. The minimum Gasteiger partial charge on any atom is -0.493 e. The summed E-state index contributed by atoms with van der Waals surface area (Å²) < 4.78 is 6.04. The molecule has 0 saturated carbocycles. The van der Waals surface area contributed by atoms with Crippen molar-refractivity contribution >= 4 is 6.03 Å². The Hall–Kier alpha value is -1.75. The molecule has 0 aliphatic rings. The smallest absolute Gasteiger partial charge is 0.328 e. The predicted molar refractivity (Wildman–Crippen MR) is 104 cm³/mol. The molecule has 25 heavy (non-hydrogen) atoms. The Bertz CT molecular complexity index is 568. The lowest BCUT2D eigenvalue weighted by atomic mass is 9.76. The van der Waals surface area contributed by atoms with Gasteiger partial charge in [0.1, 0.15) is 5.75 Å². The van der Waals surface area contributed by atoms with E-state index in [1.54, 1.807) is 0 Å². The molecule has 0 saturated heterocycles. The fourth-order valence-electron chi connectivity index (χ4n) is 2.51. The van der Waals surface area contributed by atoms with Gasteiger partial charge in [-0.25, -0.2) is 10.6 Å². The monoisotopic (exact) mass is 349 g/mol. The first-order valence-corrected chi connectivity index (χ1v) is 9.20. The van der Waals surface area contributed by atoms with Crippen molar-refractivity contribution in [2.45, 2.75) is 71.6 Å². The van der Waals surface area contributed by atoms with Crippen molar-refractivity contribution in [3.8, 4) is 5.75 Å². The molecule has 4 N–H and O–H groups in total. The minimum absolute atomic E-state index is 0.0485. The fourth-order valence-corrected chi connectivity index (χ4v) is 2.51. The number of carbonyl (C=O) groups is 1. The van der Waals surface area contributed by atoms with Crippen molar-refractivity contribution in [2.75, 3.05) is 13.2 Å². The van der Waals surface area contributed by atoms with Crippen molar-refractivity contribution in [1.29, 1.82) is 0 Å². The number of ether oxygens (including phenoxy) is 1. The van der Waals surface area contributed by atoms with Gasteiger partial charge in [-0.1, -0.05) is 53.7 Å². The van der Waals surface area contributed by atoms with Gasteiger partial charge >= 0.3 is 6.03 Å². The van der Waals surface area contributed by atoms with Gasteiger partial charge in [0.2, 0.25) is 0 Å². The van der Waals surface area contributed by atoms with E-state index in [2.05, 4.69) is 65.1 Å². The fraction of sp³-hybridized carbons (Fsp3) is 0.650. The van der Waals surface area contributed by atoms with Gasteiger partial charge in [0.05, 0.1) is 6.61 Å².